The lowest BCUT2D eigenvalue weighted by Gasteiger charge is -2.30. The van der Waals surface area contributed by atoms with Crippen molar-refractivity contribution in [1.82, 2.24) is 9.88 Å². The van der Waals surface area contributed by atoms with Crippen LogP contribution in [0.2, 0.25) is 0 Å². The van der Waals surface area contributed by atoms with E-state index in [9.17, 15) is 19.7 Å². The zero-order chi connectivity index (χ0) is 21.7. The Morgan fingerprint density at radius 2 is 1.93 bits per heavy atom. The van der Waals surface area contributed by atoms with Crippen LogP contribution in [0.25, 0.3) is 0 Å². The monoisotopic (exact) mass is 437 g/mol. The summed E-state index contributed by atoms with van der Waals surface area (Å²) in [6.07, 6.45) is 0. The maximum Gasteiger partial charge on any atom is 0.340 e. The van der Waals surface area contributed by atoms with E-state index in [1.165, 1.54) is 35.2 Å². The van der Waals surface area contributed by atoms with Gasteiger partial charge in [-0.15, -0.1) is 11.3 Å². The van der Waals surface area contributed by atoms with Crippen LogP contribution in [0.3, 0.4) is 0 Å². The van der Waals surface area contributed by atoms with E-state index in [1.807, 2.05) is 40.0 Å². The van der Waals surface area contributed by atoms with Crippen LogP contribution < -0.4 is 0 Å². The van der Waals surface area contributed by atoms with Crippen LogP contribution in [0.15, 0.2) is 32.8 Å². The van der Waals surface area contributed by atoms with Gasteiger partial charge in [0.15, 0.2) is 10.9 Å². The molecule has 8 nitrogen and oxygen atoms in total. The number of rotatable bonds is 8. The highest BCUT2D eigenvalue weighted by atomic mass is 32.2. The number of hydrogen-bond donors (Lipinski definition) is 0. The zero-order valence-electron chi connectivity index (χ0n) is 16.9. The van der Waals surface area contributed by atoms with Gasteiger partial charge in [-0.3, -0.25) is 14.9 Å². The Hall–Kier alpha value is -2.46. The smallest absolute Gasteiger partial charge is 0.340 e. The number of nitro benzene ring substituents is 1. The number of hydrogen-bond acceptors (Lipinski definition) is 8. The molecule has 0 N–H and O–H groups in total. The van der Waals surface area contributed by atoms with Gasteiger partial charge in [-0.2, -0.15) is 0 Å². The summed E-state index contributed by atoms with van der Waals surface area (Å²) < 4.78 is 5.91. The van der Waals surface area contributed by atoms with E-state index in [2.05, 4.69) is 4.98 Å². The minimum absolute atomic E-state index is 0.0329. The molecule has 2 aromatic rings. The average molecular weight is 438 g/mol. The quantitative estimate of drug-likeness (QED) is 0.344. The molecule has 1 amide bonds. The molecule has 0 aliphatic carbocycles. The molecule has 1 heterocycles. The summed E-state index contributed by atoms with van der Waals surface area (Å²) >= 11 is 2.63. The Morgan fingerprint density at radius 1 is 1.28 bits per heavy atom. The van der Waals surface area contributed by atoms with Gasteiger partial charge in [0, 0.05) is 40.2 Å². The summed E-state index contributed by atoms with van der Waals surface area (Å²) in [5, 5.41) is 13.0. The maximum atomic E-state index is 12.7. The molecule has 2 rings (SSSR count). The van der Waals surface area contributed by atoms with Crippen molar-refractivity contribution in [3.8, 4) is 0 Å². The number of aromatic nitrogens is 1. The first kappa shape index (κ1) is 22.8. The van der Waals surface area contributed by atoms with Gasteiger partial charge in [-0.1, -0.05) is 11.8 Å². The predicted octanol–water partition coefficient (Wildman–Crippen LogP) is 4.31. The van der Waals surface area contributed by atoms with Gasteiger partial charge in [-0.05, 0) is 40.7 Å². The summed E-state index contributed by atoms with van der Waals surface area (Å²) in [5.74, 6) is -1.11. The second-order valence-corrected chi connectivity index (χ2v) is 9.01. The SMILES string of the molecule is Cc1csc(Sc2ccc([N+](=O)[O-])cc2C(=O)OCC(=O)N(C(C)C)C(C)C)n1. The van der Waals surface area contributed by atoms with E-state index in [4.69, 9.17) is 4.74 Å². The molecule has 0 spiro atoms. The summed E-state index contributed by atoms with van der Waals surface area (Å²) in [4.78, 5) is 42.1. The Bertz CT molecular complexity index is 903. The number of carbonyl (C=O) groups excluding carboxylic acids is 2. The van der Waals surface area contributed by atoms with Gasteiger partial charge in [0.2, 0.25) is 0 Å². The second-order valence-electron chi connectivity index (χ2n) is 6.86. The van der Waals surface area contributed by atoms with Crippen molar-refractivity contribution in [2.45, 2.75) is 55.9 Å². The topological polar surface area (TPSA) is 103 Å². The first-order valence-electron chi connectivity index (χ1n) is 8.96. The Morgan fingerprint density at radius 3 is 2.45 bits per heavy atom. The van der Waals surface area contributed by atoms with Gasteiger partial charge >= 0.3 is 5.97 Å². The molecule has 0 unspecified atom stereocenters. The highest BCUT2D eigenvalue weighted by molar-refractivity contribution is 8.01. The van der Waals surface area contributed by atoms with Crippen LogP contribution in [-0.4, -0.2) is 45.4 Å². The molecule has 29 heavy (non-hydrogen) atoms. The Balaban J connectivity index is 2.23. The van der Waals surface area contributed by atoms with Gasteiger partial charge in [-0.25, -0.2) is 9.78 Å². The fraction of sp³-hybridized carbons (Fsp3) is 0.421. The van der Waals surface area contributed by atoms with Crippen molar-refractivity contribution in [2.75, 3.05) is 6.61 Å². The van der Waals surface area contributed by atoms with Crippen molar-refractivity contribution < 1.29 is 19.2 Å². The third-order valence-corrected chi connectivity index (χ3v) is 6.05. The van der Waals surface area contributed by atoms with Crippen molar-refractivity contribution in [3.05, 3.63) is 45.0 Å². The number of ether oxygens (including phenoxy) is 1. The van der Waals surface area contributed by atoms with Crippen molar-refractivity contribution >= 4 is 40.7 Å². The summed E-state index contributed by atoms with van der Waals surface area (Å²) in [6.45, 7) is 8.94. The molecule has 156 valence electrons. The number of nitrogens with zero attached hydrogens (tertiary/aromatic N) is 3. The number of aryl methyl sites for hydroxylation is 1. The van der Waals surface area contributed by atoms with E-state index in [1.54, 1.807) is 4.90 Å². The van der Waals surface area contributed by atoms with Gasteiger partial charge in [0.05, 0.1) is 10.5 Å². The number of thiazole rings is 1. The fourth-order valence-corrected chi connectivity index (χ4v) is 4.70. The molecular weight excluding hydrogens is 414 g/mol. The van der Waals surface area contributed by atoms with Gasteiger partial charge < -0.3 is 9.64 Å². The fourth-order valence-electron chi connectivity index (χ4n) is 2.81. The van der Waals surface area contributed by atoms with Crippen LogP contribution >= 0.6 is 23.1 Å². The normalized spacial score (nSPS) is 11.0. The molecule has 0 aliphatic rings. The van der Waals surface area contributed by atoms with Gasteiger partial charge in [0.25, 0.3) is 11.6 Å². The first-order valence-corrected chi connectivity index (χ1v) is 10.7. The molecule has 0 fully saturated rings. The van der Waals surface area contributed by atoms with E-state index >= 15 is 0 Å². The Kier molecular flexibility index (Phi) is 7.74. The lowest BCUT2D eigenvalue weighted by atomic mass is 10.2. The van der Waals surface area contributed by atoms with Gasteiger partial charge in [0.1, 0.15) is 0 Å². The van der Waals surface area contributed by atoms with Crippen LogP contribution in [0, 0.1) is 17.0 Å². The molecule has 10 heteroatoms. The molecule has 0 saturated heterocycles. The third-order valence-electron chi connectivity index (χ3n) is 3.92. The van der Waals surface area contributed by atoms with Crippen molar-refractivity contribution in [1.29, 1.82) is 0 Å². The van der Waals surface area contributed by atoms with E-state index in [0.717, 1.165) is 11.8 Å². The number of carbonyl (C=O) groups is 2. The molecule has 0 radical (unpaired) electrons. The first-order chi connectivity index (χ1) is 13.6. The van der Waals surface area contributed by atoms with Crippen LogP contribution in [0.5, 0.6) is 0 Å². The zero-order valence-corrected chi connectivity index (χ0v) is 18.5. The molecule has 0 saturated carbocycles. The number of nitro groups is 1. The molecule has 0 aliphatic heterocycles. The minimum atomic E-state index is -0.787. The van der Waals surface area contributed by atoms with E-state index in [0.29, 0.717) is 9.24 Å². The summed E-state index contributed by atoms with van der Waals surface area (Å²) in [7, 11) is 0. The third kappa shape index (κ3) is 6.01. The van der Waals surface area contributed by atoms with Crippen molar-refractivity contribution in [2.24, 2.45) is 0 Å². The van der Waals surface area contributed by atoms with Crippen LogP contribution in [0.1, 0.15) is 43.7 Å². The average Bonchev–Trinajstić information content (AvgIpc) is 3.04. The summed E-state index contributed by atoms with van der Waals surface area (Å²) in [5.41, 5.74) is 0.649. The lowest BCUT2D eigenvalue weighted by molar-refractivity contribution is -0.384. The van der Waals surface area contributed by atoms with Crippen molar-refractivity contribution in [3.63, 3.8) is 0 Å². The highest BCUT2D eigenvalue weighted by Crippen LogP contribution is 2.34. The Labute approximate surface area is 177 Å². The number of benzene rings is 1. The number of amides is 1. The predicted molar refractivity (Wildman–Crippen MR) is 111 cm³/mol. The largest absolute Gasteiger partial charge is 0.452 e. The number of esters is 1. The number of non-ortho nitro benzene ring substituents is 1. The standard InChI is InChI=1S/C19H23N3O5S2/c1-11(2)21(12(3)4)17(23)9-27-18(24)15-8-14(22(25)26)6-7-16(15)29-19-20-13(5)10-28-19/h6-8,10-12H,9H2,1-5H3. The molecular formula is C19H23N3O5S2. The lowest BCUT2D eigenvalue weighted by Crippen LogP contribution is -2.44. The molecule has 1 aromatic carbocycles. The molecule has 0 bridgehead atoms. The minimum Gasteiger partial charge on any atom is -0.452 e. The summed E-state index contributed by atoms with van der Waals surface area (Å²) in [6, 6.07) is 3.89. The van der Waals surface area contributed by atoms with E-state index in [-0.39, 0.29) is 29.2 Å². The molecule has 1 aromatic heterocycles. The maximum absolute atomic E-state index is 12.7. The highest BCUT2D eigenvalue weighted by Gasteiger charge is 2.24. The molecule has 0 atom stereocenters. The van der Waals surface area contributed by atoms with Crippen LogP contribution in [-0.2, 0) is 9.53 Å². The van der Waals surface area contributed by atoms with Crippen LogP contribution in [0.4, 0.5) is 5.69 Å². The second kappa shape index (κ2) is 9.84. The van der Waals surface area contributed by atoms with E-state index < -0.39 is 17.5 Å².